The zero-order valence-electron chi connectivity index (χ0n) is 9.91. The Morgan fingerprint density at radius 1 is 1.35 bits per heavy atom. The van der Waals surface area contributed by atoms with Crippen LogP contribution >= 0.6 is 0 Å². The first kappa shape index (κ1) is 13.4. The molecule has 94 valence electrons. The van der Waals surface area contributed by atoms with Crippen molar-refractivity contribution in [2.75, 3.05) is 13.1 Å². The SMILES string of the molecule is CCCCN(C[C@H](O)c1ccc(O)cc1)N=O. The summed E-state index contributed by atoms with van der Waals surface area (Å²) in [7, 11) is 0. The molecule has 1 aromatic rings. The molecule has 1 aromatic carbocycles. The molecule has 0 amide bonds. The number of aromatic hydroxyl groups is 1. The summed E-state index contributed by atoms with van der Waals surface area (Å²) in [6.07, 6.45) is 1.07. The van der Waals surface area contributed by atoms with Crippen LogP contribution in [0.4, 0.5) is 0 Å². The van der Waals surface area contributed by atoms with E-state index in [1.54, 1.807) is 12.1 Å². The first-order valence-electron chi connectivity index (χ1n) is 5.72. The van der Waals surface area contributed by atoms with Crippen molar-refractivity contribution in [3.63, 3.8) is 0 Å². The fourth-order valence-corrected chi connectivity index (χ4v) is 1.51. The number of rotatable bonds is 7. The molecule has 0 heterocycles. The van der Waals surface area contributed by atoms with Crippen molar-refractivity contribution in [2.45, 2.75) is 25.9 Å². The minimum Gasteiger partial charge on any atom is -0.508 e. The van der Waals surface area contributed by atoms with E-state index >= 15 is 0 Å². The van der Waals surface area contributed by atoms with Crippen molar-refractivity contribution in [2.24, 2.45) is 5.29 Å². The van der Waals surface area contributed by atoms with Gasteiger partial charge in [0, 0.05) is 6.54 Å². The topological polar surface area (TPSA) is 73.1 Å². The summed E-state index contributed by atoms with van der Waals surface area (Å²) in [5.41, 5.74) is 0.660. The Morgan fingerprint density at radius 2 is 2.00 bits per heavy atom. The average Bonchev–Trinajstić information content (AvgIpc) is 2.35. The molecule has 0 aliphatic heterocycles. The van der Waals surface area contributed by atoms with Crippen LogP contribution in [0, 0.1) is 4.91 Å². The lowest BCUT2D eigenvalue weighted by Gasteiger charge is -2.19. The molecule has 0 spiro atoms. The average molecular weight is 238 g/mol. The number of nitroso groups, excluding NO2 is 1. The minimum absolute atomic E-state index is 0.150. The van der Waals surface area contributed by atoms with Gasteiger partial charge in [0.25, 0.3) is 0 Å². The van der Waals surface area contributed by atoms with E-state index in [0.717, 1.165) is 12.8 Å². The lowest BCUT2D eigenvalue weighted by molar-refractivity contribution is 0.113. The molecule has 1 atom stereocenters. The molecule has 5 nitrogen and oxygen atoms in total. The van der Waals surface area contributed by atoms with Gasteiger partial charge in [-0.2, -0.15) is 0 Å². The number of hydrogen-bond acceptors (Lipinski definition) is 4. The van der Waals surface area contributed by atoms with E-state index in [2.05, 4.69) is 5.29 Å². The summed E-state index contributed by atoms with van der Waals surface area (Å²) < 4.78 is 0. The van der Waals surface area contributed by atoms with Gasteiger partial charge in [-0.1, -0.05) is 25.5 Å². The Balaban J connectivity index is 2.54. The second kappa shape index (κ2) is 6.85. The summed E-state index contributed by atoms with van der Waals surface area (Å²) >= 11 is 0. The summed E-state index contributed by atoms with van der Waals surface area (Å²) in [5, 5.41) is 23.2. The van der Waals surface area contributed by atoms with Crippen LogP contribution in [0.15, 0.2) is 29.6 Å². The van der Waals surface area contributed by atoms with Gasteiger partial charge < -0.3 is 10.2 Å². The molecule has 0 radical (unpaired) electrons. The smallest absolute Gasteiger partial charge is 0.115 e. The van der Waals surface area contributed by atoms with E-state index in [-0.39, 0.29) is 12.3 Å². The number of unbranched alkanes of at least 4 members (excludes halogenated alkanes) is 1. The van der Waals surface area contributed by atoms with Crippen molar-refractivity contribution >= 4 is 0 Å². The van der Waals surface area contributed by atoms with Crippen molar-refractivity contribution in [1.29, 1.82) is 0 Å². The van der Waals surface area contributed by atoms with E-state index < -0.39 is 6.10 Å². The van der Waals surface area contributed by atoms with E-state index in [9.17, 15) is 10.0 Å². The molecule has 0 aliphatic carbocycles. The number of hydrogen-bond donors (Lipinski definition) is 2. The molecular formula is C12H18N2O3. The highest BCUT2D eigenvalue weighted by Gasteiger charge is 2.12. The number of phenolic OH excluding ortho intramolecular Hbond substituents is 1. The molecule has 0 aromatic heterocycles. The third kappa shape index (κ3) is 4.40. The van der Waals surface area contributed by atoms with Crippen LogP contribution < -0.4 is 0 Å². The first-order valence-corrected chi connectivity index (χ1v) is 5.72. The van der Waals surface area contributed by atoms with E-state index in [1.165, 1.54) is 17.1 Å². The molecule has 1 rings (SSSR count). The van der Waals surface area contributed by atoms with Gasteiger partial charge in [-0.05, 0) is 24.1 Å². The van der Waals surface area contributed by atoms with Gasteiger partial charge >= 0.3 is 0 Å². The fraction of sp³-hybridized carbons (Fsp3) is 0.500. The molecule has 17 heavy (non-hydrogen) atoms. The van der Waals surface area contributed by atoms with Crippen LogP contribution in [0.1, 0.15) is 31.4 Å². The summed E-state index contributed by atoms with van der Waals surface area (Å²) in [5.74, 6) is 0.150. The highest BCUT2D eigenvalue weighted by Crippen LogP contribution is 2.18. The molecule has 0 unspecified atom stereocenters. The van der Waals surface area contributed by atoms with Crippen molar-refractivity contribution in [1.82, 2.24) is 5.01 Å². The maximum Gasteiger partial charge on any atom is 0.115 e. The van der Waals surface area contributed by atoms with Crippen molar-refractivity contribution in [3.05, 3.63) is 34.7 Å². The predicted molar refractivity (Wildman–Crippen MR) is 65.3 cm³/mol. The highest BCUT2D eigenvalue weighted by molar-refractivity contribution is 5.27. The molecule has 0 bridgehead atoms. The van der Waals surface area contributed by atoms with Crippen LogP contribution in [0.3, 0.4) is 0 Å². The van der Waals surface area contributed by atoms with Crippen molar-refractivity contribution in [3.8, 4) is 5.75 Å². The zero-order valence-corrected chi connectivity index (χ0v) is 9.91. The number of aliphatic hydroxyl groups excluding tert-OH is 1. The van der Waals surface area contributed by atoms with Crippen LogP contribution in [0.25, 0.3) is 0 Å². The third-order valence-corrected chi connectivity index (χ3v) is 2.55. The quantitative estimate of drug-likeness (QED) is 0.564. The van der Waals surface area contributed by atoms with Gasteiger partial charge in [0.15, 0.2) is 0 Å². The Bertz CT molecular complexity index is 340. The second-order valence-electron chi connectivity index (χ2n) is 3.96. The van der Waals surface area contributed by atoms with Gasteiger partial charge in [-0.25, -0.2) is 0 Å². The number of nitrogens with zero attached hydrogens (tertiary/aromatic N) is 2. The lowest BCUT2D eigenvalue weighted by atomic mass is 10.1. The molecule has 0 fully saturated rings. The Hall–Kier alpha value is -1.62. The molecule has 2 N–H and O–H groups in total. The predicted octanol–water partition coefficient (Wildman–Crippen LogP) is 2.21. The van der Waals surface area contributed by atoms with Crippen LogP contribution in [0.2, 0.25) is 0 Å². The van der Waals surface area contributed by atoms with E-state index in [0.29, 0.717) is 12.1 Å². The Labute approximate surface area is 101 Å². The van der Waals surface area contributed by atoms with Crippen LogP contribution in [0.5, 0.6) is 5.75 Å². The molecule has 0 saturated carbocycles. The highest BCUT2D eigenvalue weighted by atomic mass is 16.3. The lowest BCUT2D eigenvalue weighted by Crippen LogP contribution is -2.24. The van der Waals surface area contributed by atoms with Crippen molar-refractivity contribution < 1.29 is 10.2 Å². The molecule has 0 aliphatic rings. The van der Waals surface area contributed by atoms with Crippen LogP contribution in [-0.2, 0) is 0 Å². The van der Waals surface area contributed by atoms with Gasteiger partial charge in [0.2, 0.25) is 0 Å². The van der Waals surface area contributed by atoms with Gasteiger partial charge in [-0.3, -0.25) is 5.01 Å². The van der Waals surface area contributed by atoms with E-state index in [4.69, 9.17) is 5.11 Å². The van der Waals surface area contributed by atoms with Crippen LogP contribution in [-0.4, -0.2) is 28.3 Å². The Kier molecular flexibility index (Phi) is 5.42. The van der Waals surface area contributed by atoms with Gasteiger partial charge in [0.1, 0.15) is 5.75 Å². The van der Waals surface area contributed by atoms with Gasteiger partial charge in [0.05, 0.1) is 17.9 Å². The maximum atomic E-state index is 10.6. The first-order chi connectivity index (χ1) is 8.17. The number of phenols is 1. The van der Waals surface area contributed by atoms with E-state index in [1.807, 2.05) is 6.92 Å². The monoisotopic (exact) mass is 238 g/mol. The van der Waals surface area contributed by atoms with Gasteiger partial charge in [-0.15, -0.1) is 4.91 Å². The maximum absolute atomic E-state index is 10.6. The standard InChI is InChI=1S/C12H18N2O3/c1-2-3-8-14(13-17)9-12(16)10-4-6-11(15)7-5-10/h4-7,12,15-16H,2-3,8-9H2,1H3/t12-/m0/s1. The molecule has 0 saturated heterocycles. The minimum atomic E-state index is -0.773. The normalized spacial score (nSPS) is 12.1. The molecular weight excluding hydrogens is 220 g/mol. The summed E-state index contributed by atoms with van der Waals surface area (Å²) in [6.45, 7) is 2.75. The third-order valence-electron chi connectivity index (χ3n) is 2.55. The fourth-order valence-electron chi connectivity index (χ4n) is 1.51. The zero-order chi connectivity index (χ0) is 12.7. The summed E-state index contributed by atoms with van der Waals surface area (Å²) in [4.78, 5) is 10.6. The molecule has 5 heteroatoms. The summed E-state index contributed by atoms with van der Waals surface area (Å²) in [6, 6.07) is 6.26. The number of aliphatic hydroxyl groups is 1. The second-order valence-corrected chi connectivity index (χ2v) is 3.96. The Morgan fingerprint density at radius 3 is 2.53 bits per heavy atom. The number of benzene rings is 1. The largest absolute Gasteiger partial charge is 0.508 e.